The predicted octanol–water partition coefficient (Wildman–Crippen LogP) is 3.03. The predicted molar refractivity (Wildman–Crippen MR) is 110 cm³/mol. The van der Waals surface area contributed by atoms with Crippen molar-refractivity contribution in [2.45, 2.75) is 6.04 Å². The molecule has 5 rings (SSSR count). The maximum Gasteiger partial charge on any atom is 0.293 e. The van der Waals surface area contributed by atoms with Gasteiger partial charge in [-0.25, -0.2) is 4.98 Å². The molecule has 3 aromatic rings. The number of aromatic nitrogens is 2. The van der Waals surface area contributed by atoms with E-state index in [9.17, 15) is 4.79 Å². The summed E-state index contributed by atoms with van der Waals surface area (Å²) >= 11 is 0. The number of methoxy groups -OCH3 is 1. The lowest BCUT2D eigenvalue weighted by atomic mass is 9.89. The summed E-state index contributed by atoms with van der Waals surface area (Å²) in [6, 6.07) is 12.2. The van der Waals surface area contributed by atoms with Gasteiger partial charge < -0.3 is 14.2 Å². The highest BCUT2D eigenvalue weighted by Crippen LogP contribution is 2.44. The van der Waals surface area contributed by atoms with Crippen LogP contribution in [0.3, 0.4) is 0 Å². The van der Waals surface area contributed by atoms with E-state index in [4.69, 9.17) is 9.26 Å². The summed E-state index contributed by atoms with van der Waals surface area (Å²) in [6.45, 7) is 2.43. The molecule has 8 heteroatoms. The molecule has 152 valence electrons. The summed E-state index contributed by atoms with van der Waals surface area (Å²) < 4.78 is 10.6. The highest BCUT2D eigenvalue weighted by atomic mass is 35.5. The third kappa shape index (κ3) is 3.24. The fraction of sp³-hybridized carbons (Fsp3) is 0.381. The maximum absolute atomic E-state index is 13.1. The summed E-state index contributed by atoms with van der Waals surface area (Å²) in [4.78, 5) is 21.6. The first-order valence-corrected chi connectivity index (χ1v) is 9.49. The van der Waals surface area contributed by atoms with Crippen LogP contribution in [0.2, 0.25) is 0 Å². The topological polar surface area (TPSA) is 71.7 Å². The summed E-state index contributed by atoms with van der Waals surface area (Å²) in [7, 11) is 3.84. The molecule has 0 unspecified atom stereocenters. The van der Waals surface area contributed by atoms with Crippen LogP contribution in [0.25, 0.3) is 11.0 Å². The SMILES string of the molecule is COc1ccc([C@H]2[C@@H]3CN(C(=O)c4onc5ncccc45)C[C@@H]3CN2C)cc1.Cl. The Bertz CT molecular complexity index is 1020. The molecule has 0 N–H and O–H groups in total. The fourth-order valence-electron chi connectivity index (χ4n) is 4.81. The standard InChI is InChI=1S/C21H22N4O3.ClH/c1-24-10-14-11-25(21(26)19-16-4-3-9-22-20(16)23-28-19)12-17(14)18(24)13-5-7-15(27-2)8-6-13;/h3-9,14,17-18H,10-12H2,1-2H3;1H/t14-,17+,18-;/m0./s1. The van der Waals surface area contributed by atoms with Crippen molar-refractivity contribution in [3.63, 3.8) is 0 Å². The normalized spacial score (nSPS) is 23.8. The van der Waals surface area contributed by atoms with E-state index in [1.54, 1.807) is 19.4 Å². The zero-order chi connectivity index (χ0) is 19.3. The van der Waals surface area contributed by atoms with Crippen molar-refractivity contribution in [3.8, 4) is 5.75 Å². The van der Waals surface area contributed by atoms with E-state index in [1.165, 1.54) is 5.56 Å². The zero-order valence-corrected chi connectivity index (χ0v) is 17.1. The number of nitrogens with zero attached hydrogens (tertiary/aromatic N) is 4. The van der Waals surface area contributed by atoms with Crippen molar-refractivity contribution >= 4 is 29.3 Å². The number of halogens is 1. The van der Waals surface area contributed by atoms with Crippen LogP contribution >= 0.6 is 12.4 Å². The molecule has 3 atom stereocenters. The number of fused-ring (bicyclic) bond motifs is 2. The smallest absolute Gasteiger partial charge is 0.293 e. The Balaban J connectivity index is 0.00000205. The molecule has 2 aromatic heterocycles. The minimum absolute atomic E-state index is 0. The molecule has 2 fully saturated rings. The lowest BCUT2D eigenvalue weighted by Gasteiger charge is -2.26. The quantitative estimate of drug-likeness (QED) is 0.656. The van der Waals surface area contributed by atoms with Crippen molar-refractivity contribution in [3.05, 3.63) is 53.9 Å². The van der Waals surface area contributed by atoms with Gasteiger partial charge in [0.05, 0.1) is 12.5 Å². The number of ether oxygens (including phenoxy) is 1. The molecule has 2 aliphatic rings. The van der Waals surface area contributed by atoms with Gasteiger partial charge in [0.15, 0.2) is 0 Å². The molecular weight excluding hydrogens is 392 g/mol. The third-order valence-corrected chi connectivity index (χ3v) is 6.09. The second-order valence-electron chi connectivity index (χ2n) is 7.68. The third-order valence-electron chi connectivity index (χ3n) is 6.09. The minimum Gasteiger partial charge on any atom is -0.497 e. The van der Waals surface area contributed by atoms with Crippen LogP contribution in [0.4, 0.5) is 0 Å². The van der Waals surface area contributed by atoms with Crippen LogP contribution < -0.4 is 4.74 Å². The van der Waals surface area contributed by atoms with Crippen molar-refractivity contribution in [1.82, 2.24) is 19.9 Å². The fourth-order valence-corrected chi connectivity index (χ4v) is 4.81. The molecule has 29 heavy (non-hydrogen) atoms. The number of amides is 1. The van der Waals surface area contributed by atoms with Crippen LogP contribution in [0, 0.1) is 11.8 Å². The van der Waals surface area contributed by atoms with Crippen molar-refractivity contribution in [2.24, 2.45) is 11.8 Å². The van der Waals surface area contributed by atoms with Crippen molar-refractivity contribution in [1.29, 1.82) is 0 Å². The zero-order valence-electron chi connectivity index (χ0n) is 16.3. The monoisotopic (exact) mass is 414 g/mol. The Morgan fingerprint density at radius 1 is 1.17 bits per heavy atom. The number of carbonyl (C=O) groups is 1. The van der Waals surface area contributed by atoms with Gasteiger partial charge in [-0.05, 0) is 42.8 Å². The first kappa shape index (κ1) is 19.7. The number of hydrogen-bond acceptors (Lipinski definition) is 6. The van der Waals surface area contributed by atoms with Gasteiger partial charge in [0.25, 0.3) is 5.91 Å². The van der Waals surface area contributed by atoms with Crippen LogP contribution in [-0.4, -0.2) is 59.6 Å². The van der Waals surface area contributed by atoms with Crippen LogP contribution in [0.1, 0.15) is 22.2 Å². The number of benzene rings is 1. The number of pyridine rings is 1. The van der Waals surface area contributed by atoms with E-state index in [2.05, 4.69) is 34.2 Å². The molecule has 1 aromatic carbocycles. The average Bonchev–Trinajstić information content (AvgIpc) is 3.40. The van der Waals surface area contributed by atoms with Crippen molar-refractivity contribution < 1.29 is 14.1 Å². The van der Waals surface area contributed by atoms with E-state index in [1.807, 2.05) is 23.1 Å². The van der Waals surface area contributed by atoms with Gasteiger partial charge in [-0.2, -0.15) is 0 Å². The molecule has 2 saturated heterocycles. The average molecular weight is 415 g/mol. The first-order chi connectivity index (χ1) is 13.7. The van der Waals surface area contributed by atoms with Gasteiger partial charge in [-0.15, -0.1) is 12.4 Å². The molecular formula is C21H23ClN4O3. The molecule has 1 amide bonds. The first-order valence-electron chi connectivity index (χ1n) is 9.49. The number of rotatable bonds is 3. The van der Waals surface area contributed by atoms with E-state index in [0.717, 1.165) is 18.8 Å². The molecule has 0 radical (unpaired) electrons. The van der Waals surface area contributed by atoms with Crippen molar-refractivity contribution in [2.75, 3.05) is 33.8 Å². The van der Waals surface area contributed by atoms with Crippen LogP contribution in [0.5, 0.6) is 5.75 Å². The molecule has 4 heterocycles. The van der Waals surface area contributed by atoms with Gasteiger partial charge in [-0.1, -0.05) is 17.3 Å². The lowest BCUT2D eigenvalue weighted by molar-refractivity contribution is 0.0729. The van der Waals surface area contributed by atoms with Gasteiger partial charge >= 0.3 is 0 Å². The summed E-state index contributed by atoms with van der Waals surface area (Å²) in [5.41, 5.74) is 1.74. The highest BCUT2D eigenvalue weighted by molar-refractivity contribution is 6.02. The molecule has 0 saturated carbocycles. The molecule has 0 aliphatic carbocycles. The Kier molecular flexibility index (Phi) is 5.19. The Labute approximate surface area is 175 Å². The summed E-state index contributed by atoms with van der Waals surface area (Å²) in [5, 5.41) is 4.59. The van der Waals surface area contributed by atoms with Gasteiger partial charge in [0.1, 0.15) is 5.75 Å². The molecule has 0 bridgehead atoms. The van der Waals surface area contributed by atoms with E-state index >= 15 is 0 Å². The molecule has 7 nitrogen and oxygen atoms in total. The van der Waals surface area contributed by atoms with Gasteiger partial charge in [0, 0.05) is 37.8 Å². The highest BCUT2D eigenvalue weighted by Gasteiger charge is 2.47. The Hall–Kier alpha value is -2.64. The lowest BCUT2D eigenvalue weighted by Crippen LogP contribution is -2.33. The summed E-state index contributed by atoms with van der Waals surface area (Å²) in [5.74, 6) is 1.90. The maximum atomic E-state index is 13.1. The Morgan fingerprint density at radius 2 is 1.97 bits per heavy atom. The number of hydrogen-bond donors (Lipinski definition) is 0. The second-order valence-corrected chi connectivity index (χ2v) is 7.68. The van der Waals surface area contributed by atoms with E-state index < -0.39 is 0 Å². The van der Waals surface area contributed by atoms with Gasteiger partial charge in [-0.3, -0.25) is 9.69 Å². The minimum atomic E-state index is -0.0963. The molecule has 2 aliphatic heterocycles. The molecule has 0 spiro atoms. The second kappa shape index (κ2) is 7.65. The van der Waals surface area contributed by atoms with E-state index in [0.29, 0.717) is 35.5 Å². The number of carbonyl (C=O) groups excluding carboxylic acids is 1. The number of likely N-dealkylation sites (tertiary alicyclic amines) is 2. The Morgan fingerprint density at radius 3 is 2.72 bits per heavy atom. The largest absolute Gasteiger partial charge is 0.497 e. The van der Waals surface area contributed by atoms with Gasteiger partial charge in [0.2, 0.25) is 11.4 Å². The van der Waals surface area contributed by atoms with E-state index in [-0.39, 0.29) is 24.1 Å². The summed E-state index contributed by atoms with van der Waals surface area (Å²) in [6.07, 6.45) is 1.65. The van der Waals surface area contributed by atoms with Crippen LogP contribution in [-0.2, 0) is 0 Å². The van der Waals surface area contributed by atoms with Crippen LogP contribution in [0.15, 0.2) is 47.1 Å².